The van der Waals surface area contributed by atoms with Gasteiger partial charge in [0, 0.05) is 31.7 Å². The molecule has 30 heavy (non-hydrogen) atoms. The molecule has 2 N–H and O–H groups in total. The van der Waals surface area contributed by atoms with Crippen molar-refractivity contribution in [3.63, 3.8) is 0 Å². The molecule has 0 aliphatic carbocycles. The summed E-state index contributed by atoms with van der Waals surface area (Å²) < 4.78 is 41.0. The number of nitrogens with one attached hydrogen (secondary N) is 2. The number of rotatable bonds is 7. The number of urea groups is 1. The van der Waals surface area contributed by atoms with Crippen molar-refractivity contribution in [3.8, 4) is 5.75 Å². The van der Waals surface area contributed by atoms with E-state index in [0.717, 1.165) is 29.8 Å². The summed E-state index contributed by atoms with van der Waals surface area (Å²) in [7, 11) is 0. The first-order valence-corrected chi connectivity index (χ1v) is 9.50. The standard InChI is InChI=1S/C21H22F3N3O3/c22-21(23,24)14-30-18-9-5-16(6-10-18)13-26-20(29)25-12-15-3-7-17(8-4-15)27-11-1-2-19(27)28/h3-10H,1-2,11-14H2,(H2,25,26,29). The highest BCUT2D eigenvalue weighted by Crippen LogP contribution is 2.21. The fourth-order valence-corrected chi connectivity index (χ4v) is 3.01. The second kappa shape index (κ2) is 9.51. The van der Waals surface area contributed by atoms with E-state index in [1.165, 1.54) is 12.1 Å². The third-order valence-electron chi connectivity index (χ3n) is 4.55. The Bertz CT molecular complexity index is 868. The summed E-state index contributed by atoms with van der Waals surface area (Å²) >= 11 is 0. The van der Waals surface area contributed by atoms with Gasteiger partial charge in [0.2, 0.25) is 5.91 Å². The number of carbonyl (C=O) groups is 2. The normalized spacial score (nSPS) is 14.0. The molecule has 0 saturated carbocycles. The van der Waals surface area contributed by atoms with E-state index < -0.39 is 12.8 Å². The van der Waals surface area contributed by atoms with Gasteiger partial charge in [-0.2, -0.15) is 13.2 Å². The Morgan fingerprint density at radius 1 is 0.967 bits per heavy atom. The molecule has 9 heteroatoms. The summed E-state index contributed by atoms with van der Waals surface area (Å²) in [5.74, 6) is 0.236. The van der Waals surface area contributed by atoms with E-state index in [1.807, 2.05) is 24.3 Å². The molecule has 3 rings (SSSR count). The number of carbonyl (C=O) groups excluding carboxylic acids is 2. The van der Waals surface area contributed by atoms with Crippen LogP contribution < -0.4 is 20.3 Å². The smallest absolute Gasteiger partial charge is 0.422 e. The summed E-state index contributed by atoms with van der Waals surface area (Å²) in [5, 5.41) is 5.42. The number of hydrogen-bond donors (Lipinski definition) is 2. The SMILES string of the molecule is O=C(NCc1ccc(OCC(F)(F)F)cc1)NCc1ccc(N2CCCC2=O)cc1. The Morgan fingerprint density at radius 2 is 1.53 bits per heavy atom. The lowest BCUT2D eigenvalue weighted by Gasteiger charge is -2.16. The lowest BCUT2D eigenvalue weighted by atomic mass is 10.2. The minimum atomic E-state index is -4.38. The molecule has 0 unspecified atom stereocenters. The second-order valence-corrected chi connectivity index (χ2v) is 6.90. The number of amides is 3. The topological polar surface area (TPSA) is 70.7 Å². The van der Waals surface area contributed by atoms with Gasteiger partial charge in [-0.05, 0) is 41.8 Å². The van der Waals surface area contributed by atoms with Crippen LogP contribution in [0.1, 0.15) is 24.0 Å². The van der Waals surface area contributed by atoms with Gasteiger partial charge in [0.25, 0.3) is 0 Å². The van der Waals surface area contributed by atoms with Crippen molar-refractivity contribution in [2.75, 3.05) is 18.1 Å². The molecule has 1 fully saturated rings. The molecule has 0 spiro atoms. The van der Waals surface area contributed by atoms with E-state index in [2.05, 4.69) is 15.4 Å². The molecular weight excluding hydrogens is 399 g/mol. The molecule has 0 atom stereocenters. The molecular formula is C21H22F3N3O3. The maximum absolute atomic E-state index is 12.1. The minimum Gasteiger partial charge on any atom is -0.484 e. The molecule has 160 valence electrons. The van der Waals surface area contributed by atoms with Crippen molar-refractivity contribution < 1.29 is 27.5 Å². The minimum absolute atomic E-state index is 0.111. The van der Waals surface area contributed by atoms with Crippen LogP contribution in [0.4, 0.5) is 23.7 Å². The number of benzene rings is 2. The third kappa shape index (κ3) is 6.40. The van der Waals surface area contributed by atoms with E-state index in [9.17, 15) is 22.8 Å². The van der Waals surface area contributed by atoms with Crippen LogP contribution in [-0.4, -0.2) is 31.3 Å². The van der Waals surface area contributed by atoms with Gasteiger partial charge in [-0.3, -0.25) is 4.79 Å². The zero-order valence-electron chi connectivity index (χ0n) is 16.2. The zero-order valence-corrected chi connectivity index (χ0v) is 16.2. The van der Waals surface area contributed by atoms with Gasteiger partial charge in [0.05, 0.1) is 0 Å². The van der Waals surface area contributed by atoms with Crippen LogP contribution in [0.3, 0.4) is 0 Å². The average Bonchev–Trinajstić information content (AvgIpc) is 3.15. The maximum Gasteiger partial charge on any atom is 0.422 e. The van der Waals surface area contributed by atoms with E-state index >= 15 is 0 Å². The lowest BCUT2D eigenvalue weighted by molar-refractivity contribution is -0.153. The van der Waals surface area contributed by atoms with Gasteiger partial charge < -0.3 is 20.3 Å². The van der Waals surface area contributed by atoms with Crippen LogP contribution >= 0.6 is 0 Å². The Labute approximate surface area is 172 Å². The van der Waals surface area contributed by atoms with Crippen LogP contribution in [0.2, 0.25) is 0 Å². The van der Waals surface area contributed by atoms with Crippen LogP contribution in [-0.2, 0) is 17.9 Å². The highest BCUT2D eigenvalue weighted by Gasteiger charge is 2.28. The van der Waals surface area contributed by atoms with Crippen LogP contribution in [0.5, 0.6) is 5.75 Å². The molecule has 0 radical (unpaired) electrons. The predicted octanol–water partition coefficient (Wildman–Crippen LogP) is 3.75. The Kier molecular flexibility index (Phi) is 6.81. The molecule has 0 aromatic heterocycles. The van der Waals surface area contributed by atoms with Crippen LogP contribution in [0.25, 0.3) is 0 Å². The van der Waals surface area contributed by atoms with Gasteiger partial charge in [-0.15, -0.1) is 0 Å². The van der Waals surface area contributed by atoms with Gasteiger partial charge >= 0.3 is 12.2 Å². The zero-order chi connectivity index (χ0) is 21.6. The first-order chi connectivity index (χ1) is 14.3. The number of halogens is 3. The molecule has 1 aliphatic heterocycles. The Morgan fingerprint density at radius 3 is 2.03 bits per heavy atom. The lowest BCUT2D eigenvalue weighted by Crippen LogP contribution is -2.34. The van der Waals surface area contributed by atoms with E-state index in [4.69, 9.17) is 0 Å². The predicted molar refractivity (Wildman–Crippen MR) is 105 cm³/mol. The summed E-state index contributed by atoms with van der Waals surface area (Å²) in [6.45, 7) is -0.0672. The summed E-state index contributed by atoms with van der Waals surface area (Å²) in [4.78, 5) is 25.5. The second-order valence-electron chi connectivity index (χ2n) is 6.90. The van der Waals surface area contributed by atoms with Gasteiger partial charge in [-0.1, -0.05) is 24.3 Å². The van der Waals surface area contributed by atoms with Gasteiger partial charge in [0.1, 0.15) is 5.75 Å². The van der Waals surface area contributed by atoms with E-state index in [0.29, 0.717) is 13.0 Å². The third-order valence-corrected chi connectivity index (χ3v) is 4.55. The number of ether oxygens (including phenoxy) is 1. The molecule has 1 aliphatic rings. The Balaban J connectivity index is 1.40. The average molecular weight is 421 g/mol. The maximum atomic E-state index is 12.1. The van der Waals surface area contributed by atoms with E-state index in [-0.39, 0.29) is 24.2 Å². The van der Waals surface area contributed by atoms with E-state index in [1.54, 1.807) is 17.0 Å². The number of nitrogens with zero attached hydrogens (tertiary/aromatic N) is 1. The first kappa shape index (κ1) is 21.5. The van der Waals surface area contributed by atoms with Crippen molar-refractivity contribution in [2.24, 2.45) is 0 Å². The number of alkyl halides is 3. The summed E-state index contributed by atoms with van der Waals surface area (Å²) in [6, 6.07) is 13.1. The molecule has 0 bridgehead atoms. The van der Waals surface area contributed by atoms with Crippen LogP contribution in [0.15, 0.2) is 48.5 Å². The van der Waals surface area contributed by atoms with Gasteiger partial charge in [0.15, 0.2) is 6.61 Å². The fraction of sp³-hybridized carbons (Fsp3) is 0.333. The number of hydrogen-bond acceptors (Lipinski definition) is 3. The highest BCUT2D eigenvalue weighted by molar-refractivity contribution is 5.95. The van der Waals surface area contributed by atoms with Crippen molar-refractivity contribution >= 4 is 17.6 Å². The van der Waals surface area contributed by atoms with Crippen molar-refractivity contribution in [1.29, 1.82) is 0 Å². The summed E-state index contributed by atoms with van der Waals surface area (Å²) in [5.41, 5.74) is 2.48. The van der Waals surface area contributed by atoms with Crippen molar-refractivity contribution in [1.82, 2.24) is 10.6 Å². The molecule has 2 aromatic rings. The molecule has 1 saturated heterocycles. The number of anilines is 1. The van der Waals surface area contributed by atoms with Gasteiger partial charge in [-0.25, -0.2) is 4.79 Å². The molecule has 2 aromatic carbocycles. The van der Waals surface area contributed by atoms with Crippen LogP contribution in [0, 0.1) is 0 Å². The molecule has 3 amide bonds. The quantitative estimate of drug-likeness (QED) is 0.715. The van der Waals surface area contributed by atoms with Crippen molar-refractivity contribution in [3.05, 3.63) is 59.7 Å². The highest BCUT2D eigenvalue weighted by atomic mass is 19.4. The largest absolute Gasteiger partial charge is 0.484 e. The first-order valence-electron chi connectivity index (χ1n) is 9.50. The monoisotopic (exact) mass is 421 g/mol. The van der Waals surface area contributed by atoms with Crippen molar-refractivity contribution in [2.45, 2.75) is 32.1 Å². The fourth-order valence-electron chi connectivity index (χ4n) is 3.01. The summed E-state index contributed by atoms with van der Waals surface area (Å²) in [6.07, 6.45) is -2.94. The molecule has 6 nitrogen and oxygen atoms in total. The molecule has 1 heterocycles. The Hall–Kier alpha value is -3.23.